The first-order valence-corrected chi connectivity index (χ1v) is 10.3. The molecule has 3 aromatic rings. The van der Waals surface area contributed by atoms with Crippen molar-refractivity contribution in [3.8, 4) is 5.69 Å². The van der Waals surface area contributed by atoms with Crippen LogP contribution >= 0.6 is 11.6 Å². The van der Waals surface area contributed by atoms with Crippen LogP contribution in [0.4, 0.5) is 0 Å². The zero-order valence-electron chi connectivity index (χ0n) is 16.8. The van der Waals surface area contributed by atoms with Gasteiger partial charge in [0.25, 0.3) is 5.91 Å². The van der Waals surface area contributed by atoms with Crippen LogP contribution < -0.4 is 0 Å². The highest BCUT2D eigenvalue weighted by molar-refractivity contribution is 6.30. The largest absolute Gasteiger partial charge is 0.336 e. The topological polar surface area (TPSA) is 41.4 Å². The van der Waals surface area contributed by atoms with E-state index in [0.29, 0.717) is 0 Å². The Kier molecular flexibility index (Phi) is 5.69. The van der Waals surface area contributed by atoms with E-state index in [4.69, 9.17) is 11.6 Å². The Balaban J connectivity index is 1.43. The molecule has 1 aliphatic rings. The van der Waals surface area contributed by atoms with Crippen LogP contribution in [0, 0.1) is 13.8 Å². The summed E-state index contributed by atoms with van der Waals surface area (Å²) in [6.07, 6.45) is 3.58. The summed E-state index contributed by atoms with van der Waals surface area (Å²) in [5, 5.41) is 0.757. The minimum atomic E-state index is 0.111. The van der Waals surface area contributed by atoms with Gasteiger partial charge in [0.05, 0.1) is 17.4 Å². The zero-order valence-corrected chi connectivity index (χ0v) is 17.6. The van der Waals surface area contributed by atoms with Gasteiger partial charge in [-0.05, 0) is 49.7 Å². The number of hydrogen-bond acceptors (Lipinski definition) is 3. The van der Waals surface area contributed by atoms with Gasteiger partial charge in [-0.1, -0.05) is 23.7 Å². The summed E-state index contributed by atoms with van der Waals surface area (Å²) in [4.78, 5) is 21.7. The SMILES string of the molecule is Cc1cc(C(=O)N2CCN(Cc3ccc(Cl)cc3)CC2)c(C)n1-c1cccnc1. The van der Waals surface area contributed by atoms with Gasteiger partial charge >= 0.3 is 0 Å². The molecule has 2 aromatic heterocycles. The van der Waals surface area contributed by atoms with Crippen molar-refractivity contribution in [2.75, 3.05) is 26.2 Å². The lowest BCUT2D eigenvalue weighted by molar-refractivity contribution is 0.0628. The normalized spacial score (nSPS) is 14.9. The van der Waals surface area contributed by atoms with E-state index in [1.807, 2.05) is 55.3 Å². The minimum absolute atomic E-state index is 0.111. The highest BCUT2D eigenvalue weighted by atomic mass is 35.5. The summed E-state index contributed by atoms with van der Waals surface area (Å²) in [6, 6.07) is 13.9. The predicted molar refractivity (Wildman–Crippen MR) is 116 cm³/mol. The van der Waals surface area contributed by atoms with Crippen molar-refractivity contribution in [2.24, 2.45) is 0 Å². The second-order valence-corrected chi connectivity index (χ2v) is 7.96. The zero-order chi connectivity index (χ0) is 20.4. The third-order valence-corrected chi connectivity index (χ3v) is 5.80. The standard InChI is InChI=1S/C23H25ClN4O/c1-17-14-22(18(2)28(17)21-4-3-9-25-15-21)23(29)27-12-10-26(11-13-27)16-19-5-7-20(24)8-6-19/h3-9,14-15H,10-13,16H2,1-2H3. The van der Waals surface area contributed by atoms with E-state index in [1.165, 1.54) is 5.56 Å². The van der Waals surface area contributed by atoms with Crippen molar-refractivity contribution in [1.29, 1.82) is 0 Å². The molecule has 4 rings (SSSR count). The summed E-state index contributed by atoms with van der Waals surface area (Å²) in [7, 11) is 0. The lowest BCUT2D eigenvalue weighted by atomic mass is 10.1. The number of nitrogens with zero attached hydrogens (tertiary/aromatic N) is 4. The van der Waals surface area contributed by atoms with E-state index >= 15 is 0 Å². The van der Waals surface area contributed by atoms with Crippen molar-refractivity contribution >= 4 is 17.5 Å². The quantitative estimate of drug-likeness (QED) is 0.652. The molecule has 1 saturated heterocycles. The maximum absolute atomic E-state index is 13.2. The van der Waals surface area contributed by atoms with Gasteiger partial charge in [0.1, 0.15) is 0 Å². The molecular weight excluding hydrogens is 384 g/mol. The number of halogens is 1. The van der Waals surface area contributed by atoms with E-state index in [1.54, 1.807) is 6.20 Å². The maximum atomic E-state index is 13.2. The van der Waals surface area contributed by atoms with Crippen molar-refractivity contribution in [3.05, 3.63) is 82.4 Å². The molecule has 5 nitrogen and oxygen atoms in total. The molecule has 29 heavy (non-hydrogen) atoms. The van der Waals surface area contributed by atoms with Gasteiger partial charge in [-0.3, -0.25) is 14.7 Å². The average Bonchev–Trinajstić information content (AvgIpc) is 3.04. The Labute approximate surface area is 176 Å². The molecule has 0 aliphatic carbocycles. The second kappa shape index (κ2) is 8.39. The summed E-state index contributed by atoms with van der Waals surface area (Å²) < 4.78 is 2.09. The molecule has 150 valence electrons. The number of hydrogen-bond donors (Lipinski definition) is 0. The van der Waals surface area contributed by atoms with Crippen molar-refractivity contribution in [3.63, 3.8) is 0 Å². The molecule has 0 N–H and O–H groups in total. The Morgan fingerprint density at radius 3 is 2.45 bits per heavy atom. The molecule has 0 unspecified atom stereocenters. The third-order valence-electron chi connectivity index (χ3n) is 5.54. The fourth-order valence-electron chi connectivity index (χ4n) is 3.99. The molecule has 0 radical (unpaired) electrons. The molecule has 0 spiro atoms. The van der Waals surface area contributed by atoms with E-state index < -0.39 is 0 Å². The van der Waals surface area contributed by atoms with Gasteiger partial charge in [-0.2, -0.15) is 0 Å². The van der Waals surface area contributed by atoms with Gasteiger partial charge in [0, 0.05) is 55.3 Å². The first-order valence-electron chi connectivity index (χ1n) is 9.88. The van der Waals surface area contributed by atoms with Crippen LogP contribution in [-0.2, 0) is 6.54 Å². The smallest absolute Gasteiger partial charge is 0.255 e. The number of carbonyl (C=O) groups excluding carboxylic acids is 1. The fraction of sp³-hybridized carbons (Fsp3) is 0.304. The van der Waals surface area contributed by atoms with Gasteiger partial charge in [-0.15, -0.1) is 0 Å². The number of rotatable bonds is 4. The highest BCUT2D eigenvalue weighted by Crippen LogP contribution is 2.22. The Bertz CT molecular complexity index is 990. The first kappa shape index (κ1) is 19.7. The molecule has 1 fully saturated rings. The maximum Gasteiger partial charge on any atom is 0.255 e. The van der Waals surface area contributed by atoms with E-state index in [-0.39, 0.29) is 5.91 Å². The molecule has 0 saturated carbocycles. The number of pyridine rings is 1. The van der Waals surface area contributed by atoms with Crippen LogP contribution in [0.3, 0.4) is 0 Å². The first-order chi connectivity index (χ1) is 14.0. The second-order valence-electron chi connectivity index (χ2n) is 7.53. The van der Waals surface area contributed by atoms with E-state index in [0.717, 1.165) is 60.4 Å². The Hall–Kier alpha value is -2.63. The minimum Gasteiger partial charge on any atom is -0.336 e. The molecule has 0 atom stereocenters. The van der Waals surface area contributed by atoms with Gasteiger partial charge in [0.2, 0.25) is 0 Å². The monoisotopic (exact) mass is 408 g/mol. The van der Waals surface area contributed by atoms with Gasteiger partial charge < -0.3 is 9.47 Å². The van der Waals surface area contributed by atoms with Crippen LogP contribution in [0.1, 0.15) is 27.3 Å². The molecule has 1 amide bonds. The van der Waals surface area contributed by atoms with Crippen molar-refractivity contribution < 1.29 is 4.79 Å². The van der Waals surface area contributed by atoms with Gasteiger partial charge in [0.15, 0.2) is 0 Å². The van der Waals surface area contributed by atoms with Crippen LogP contribution in [-0.4, -0.2) is 51.4 Å². The number of benzene rings is 1. The number of aryl methyl sites for hydroxylation is 1. The van der Waals surface area contributed by atoms with Crippen molar-refractivity contribution in [2.45, 2.75) is 20.4 Å². The van der Waals surface area contributed by atoms with Crippen LogP contribution in [0.2, 0.25) is 5.02 Å². The molecule has 6 heteroatoms. The molecule has 3 heterocycles. The van der Waals surface area contributed by atoms with E-state index in [9.17, 15) is 4.79 Å². The van der Waals surface area contributed by atoms with Crippen LogP contribution in [0.15, 0.2) is 54.9 Å². The summed E-state index contributed by atoms with van der Waals surface area (Å²) in [5.41, 5.74) is 5.00. The number of carbonyl (C=O) groups is 1. The predicted octanol–water partition coefficient (Wildman–Crippen LogP) is 4.10. The number of piperazine rings is 1. The summed E-state index contributed by atoms with van der Waals surface area (Å²) >= 11 is 5.97. The third kappa shape index (κ3) is 4.21. The van der Waals surface area contributed by atoms with Crippen LogP contribution in [0.5, 0.6) is 0 Å². The Morgan fingerprint density at radius 1 is 1.07 bits per heavy atom. The summed E-state index contributed by atoms with van der Waals surface area (Å²) in [5.74, 6) is 0.111. The highest BCUT2D eigenvalue weighted by Gasteiger charge is 2.25. The lowest BCUT2D eigenvalue weighted by Crippen LogP contribution is -2.48. The molecule has 1 aliphatic heterocycles. The lowest BCUT2D eigenvalue weighted by Gasteiger charge is -2.34. The molecule has 1 aromatic carbocycles. The fourth-order valence-corrected chi connectivity index (χ4v) is 4.12. The van der Waals surface area contributed by atoms with Crippen LogP contribution in [0.25, 0.3) is 5.69 Å². The van der Waals surface area contributed by atoms with E-state index in [2.05, 4.69) is 26.6 Å². The average molecular weight is 409 g/mol. The number of amides is 1. The number of aromatic nitrogens is 2. The molecule has 0 bridgehead atoms. The summed E-state index contributed by atoms with van der Waals surface area (Å²) in [6.45, 7) is 8.14. The molecular formula is C23H25ClN4O. The van der Waals surface area contributed by atoms with Crippen molar-refractivity contribution in [1.82, 2.24) is 19.4 Å². The van der Waals surface area contributed by atoms with Gasteiger partial charge in [-0.25, -0.2) is 0 Å². The Morgan fingerprint density at radius 2 is 1.79 bits per heavy atom.